The maximum absolute atomic E-state index is 13.4. The summed E-state index contributed by atoms with van der Waals surface area (Å²) >= 11 is 1.48. The van der Waals surface area contributed by atoms with E-state index in [-0.39, 0.29) is 18.4 Å². The van der Waals surface area contributed by atoms with Crippen LogP contribution in [0.4, 0.5) is 0 Å². The Morgan fingerprint density at radius 1 is 0.812 bits per heavy atom. The molecule has 244 valence electrons. The molecule has 2 amide bonds. The Balaban J connectivity index is 1.19. The molecule has 0 unspecified atom stereocenters. The van der Waals surface area contributed by atoms with Gasteiger partial charge in [-0.2, -0.15) is 0 Å². The van der Waals surface area contributed by atoms with Gasteiger partial charge in [0.25, 0.3) is 5.91 Å². The van der Waals surface area contributed by atoms with Crippen molar-refractivity contribution in [1.29, 1.82) is 0 Å². The number of aryl methyl sites for hydroxylation is 1. The van der Waals surface area contributed by atoms with E-state index in [9.17, 15) is 14.4 Å². The predicted octanol–water partition coefficient (Wildman–Crippen LogP) is 7.27. The first-order chi connectivity index (χ1) is 23.4. The summed E-state index contributed by atoms with van der Waals surface area (Å²) in [6.45, 7) is 0.810. The minimum atomic E-state index is -1.05. The number of carbonyl (C=O) groups is 3. The smallest absolute Gasteiger partial charge is 0.341 e. The highest BCUT2D eigenvalue weighted by molar-refractivity contribution is 7.13. The highest BCUT2D eigenvalue weighted by Crippen LogP contribution is 2.25. The lowest BCUT2D eigenvalue weighted by molar-refractivity contribution is -0.139. The number of benzene rings is 4. The number of rotatable bonds is 16. The number of unbranched alkanes of at least 4 members (excludes halogenated alkanes) is 1. The second-order valence-electron chi connectivity index (χ2n) is 11.2. The standard InChI is InChI=1S/C39H37N3O5S/c43-36(23-16-30-11-5-2-6-12-30)42(25-31-14-21-35(22-15-31)47-27-37(44)45)26-34-28-48-39(41-34)33-19-17-32(18-20-33)38(46)40-24-8-7-13-29-9-3-1-4-10-29/h1-6,9-12,14-23,28H,7-8,13,24-27H2,(H,40,46)(H,44,45). The Kier molecular flexibility index (Phi) is 12.3. The van der Waals surface area contributed by atoms with Crippen molar-refractivity contribution in [3.05, 3.63) is 149 Å². The van der Waals surface area contributed by atoms with Gasteiger partial charge in [-0.3, -0.25) is 9.59 Å². The monoisotopic (exact) mass is 659 g/mol. The van der Waals surface area contributed by atoms with Gasteiger partial charge < -0.3 is 20.1 Å². The Morgan fingerprint density at radius 3 is 2.23 bits per heavy atom. The minimum Gasteiger partial charge on any atom is -0.482 e. The number of nitrogens with one attached hydrogen (secondary N) is 1. The molecule has 1 aromatic heterocycles. The summed E-state index contributed by atoms with van der Waals surface area (Å²) < 4.78 is 5.24. The molecule has 4 aromatic carbocycles. The number of carboxylic acids is 1. The van der Waals surface area contributed by atoms with E-state index in [4.69, 9.17) is 14.8 Å². The molecule has 0 bridgehead atoms. The van der Waals surface area contributed by atoms with Gasteiger partial charge in [-0.1, -0.05) is 84.9 Å². The predicted molar refractivity (Wildman–Crippen MR) is 189 cm³/mol. The number of ether oxygens (including phenoxy) is 1. The van der Waals surface area contributed by atoms with Gasteiger partial charge in [0.1, 0.15) is 10.8 Å². The van der Waals surface area contributed by atoms with Crippen molar-refractivity contribution in [3.63, 3.8) is 0 Å². The van der Waals surface area contributed by atoms with Crippen LogP contribution in [-0.4, -0.2) is 45.9 Å². The normalized spacial score (nSPS) is 10.9. The molecule has 0 aliphatic carbocycles. The van der Waals surface area contributed by atoms with Gasteiger partial charge in [-0.05, 0) is 66.3 Å². The van der Waals surface area contributed by atoms with Crippen molar-refractivity contribution in [2.75, 3.05) is 13.2 Å². The van der Waals surface area contributed by atoms with Crippen molar-refractivity contribution >= 4 is 35.2 Å². The Labute approximate surface area is 284 Å². The molecular weight excluding hydrogens is 623 g/mol. The maximum atomic E-state index is 13.4. The van der Waals surface area contributed by atoms with Crippen molar-refractivity contribution < 1.29 is 24.2 Å². The van der Waals surface area contributed by atoms with Gasteiger partial charge in [0, 0.05) is 35.7 Å². The van der Waals surface area contributed by atoms with E-state index in [1.54, 1.807) is 29.2 Å². The molecule has 0 aliphatic heterocycles. The van der Waals surface area contributed by atoms with E-state index in [1.807, 2.05) is 90.3 Å². The summed E-state index contributed by atoms with van der Waals surface area (Å²) in [7, 11) is 0. The fourth-order valence-electron chi connectivity index (χ4n) is 4.98. The van der Waals surface area contributed by atoms with Crippen molar-refractivity contribution in [2.45, 2.75) is 32.4 Å². The van der Waals surface area contributed by atoms with E-state index in [2.05, 4.69) is 17.4 Å². The molecule has 2 N–H and O–H groups in total. The number of hydrogen-bond donors (Lipinski definition) is 2. The highest BCUT2D eigenvalue weighted by atomic mass is 32.1. The number of hydrogen-bond acceptors (Lipinski definition) is 6. The van der Waals surface area contributed by atoms with Crippen LogP contribution in [0.15, 0.2) is 121 Å². The average Bonchev–Trinajstić information content (AvgIpc) is 3.59. The molecule has 0 fully saturated rings. The quantitative estimate of drug-likeness (QED) is 0.0852. The molecule has 0 aliphatic rings. The second-order valence-corrected chi connectivity index (χ2v) is 12.0. The topological polar surface area (TPSA) is 109 Å². The van der Waals surface area contributed by atoms with Crippen LogP contribution in [0, 0.1) is 0 Å². The first-order valence-electron chi connectivity index (χ1n) is 15.8. The van der Waals surface area contributed by atoms with E-state index in [0.29, 0.717) is 24.4 Å². The summed E-state index contributed by atoms with van der Waals surface area (Å²) in [5.41, 5.74) is 5.32. The lowest BCUT2D eigenvalue weighted by atomic mass is 10.1. The molecular formula is C39H37N3O5S. The molecule has 0 radical (unpaired) electrons. The molecule has 5 rings (SSSR count). The van der Waals surface area contributed by atoms with Crippen LogP contribution in [0.25, 0.3) is 16.6 Å². The molecule has 8 nitrogen and oxygen atoms in total. The van der Waals surface area contributed by atoms with Gasteiger partial charge >= 0.3 is 5.97 Å². The summed E-state index contributed by atoms with van der Waals surface area (Å²) in [5.74, 6) is -0.879. The third kappa shape index (κ3) is 10.5. The third-order valence-electron chi connectivity index (χ3n) is 7.51. The summed E-state index contributed by atoms with van der Waals surface area (Å²) in [4.78, 5) is 43.4. The lowest BCUT2D eigenvalue weighted by Gasteiger charge is -2.21. The molecule has 5 aromatic rings. The van der Waals surface area contributed by atoms with Crippen LogP contribution < -0.4 is 10.1 Å². The van der Waals surface area contributed by atoms with Gasteiger partial charge in [-0.25, -0.2) is 9.78 Å². The fraction of sp³-hybridized carbons (Fsp3) is 0.179. The first-order valence-corrected chi connectivity index (χ1v) is 16.6. The zero-order chi connectivity index (χ0) is 33.6. The zero-order valence-corrected chi connectivity index (χ0v) is 27.3. The van der Waals surface area contributed by atoms with E-state index >= 15 is 0 Å². The number of nitrogens with zero attached hydrogens (tertiary/aromatic N) is 2. The van der Waals surface area contributed by atoms with Crippen molar-refractivity contribution in [3.8, 4) is 16.3 Å². The number of amides is 2. The van der Waals surface area contributed by atoms with E-state index < -0.39 is 12.6 Å². The van der Waals surface area contributed by atoms with Gasteiger partial charge in [0.05, 0.1) is 12.2 Å². The number of aliphatic carboxylic acids is 1. The van der Waals surface area contributed by atoms with Crippen LogP contribution in [0.3, 0.4) is 0 Å². The van der Waals surface area contributed by atoms with Gasteiger partial charge in [0.15, 0.2) is 6.61 Å². The second kappa shape index (κ2) is 17.4. The Bertz CT molecular complexity index is 1800. The molecule has 0 atom stereocenters. The van der Waals surface area contributed by atoms with Crippen LogP contribution >= 0.6 is 11.3 Å². The van der Waals surface area contributed by atoms with Gasteiger partial charge in [0.2, 0.25) is 5.91 Å². The lowest BCUT2D eigenvalue weighted by Crippen LogP contribution is -2.28. The van der Waals surface area contributed by atoms with E-state index in [1.165, 1.54) is 16.9 Å². The molecule has 1 heterocycles. The fourth-order valence-corrected chi connectivity index (χ4v) is 5.80. The Hall–Kier alpha value is -5.54. The van der Waals surface area contributed by atoms with Crippen LogP contribution in [0.2, 0.25) is 0 Å². The number of thiazole rings is 1. The molecule has 0 saturated carbocycles. The average molecular weight is 660 g/mol. The number of aromatic nitrogens is 1. The van der Waals surface area contributed by atoms with Crippen LogP contribution in [0.1, 0.15) is 45.6 Å². The van der Waals surface area contributed by atoms with Crippen molar-refractivity contribution in [2.24, 2.45) is 0 Å². The zero-order valence-electron chi connectivity index (χ0n) is 26.5. The molecule has 0 spiro atoms. The molecule has 48 heavy (non-hydrogen) atoms. The summed E-state index contributed by atoms with van der Waals surface area (Å²) in [6, 6.07) is 34.4. The summed E-state index contributed by atoms with van der Waals surface area (Å²) in [6.07, 6.45) is 6.26. The summed E-state index contributed by atoms with van der Waals surface area (Å²) in [5, 5.41) is 14.6. The number of carboxylic acid groups (broad SMARTS) is 1. The Morgan fingerprint density at radius 2 is 1.52 bits per heavy atom. The van der Waals surface area contributed by atoms with Crippen molar-refractivity contribution in [1.82, 2.24) is 15.2 Å². The molecule has 0 saturated heterocycles. The first kappa shape index (κ1) is 33.8. The minimum absolute atomic E-state index is 0.0970. The molecule has 9 heteroatoms. The third-order valence-corrected chi connectivity index (χ3v) is 8.45. The highest BCUT2D eigenvalue weighted by Gasteiger charge is 2.16. The maximum Gasteiger partial charge on any atom is 0.341 e. The van der Waals surface area contributed by atoms with Gasteiger partial charge in [-0.15, -0.1) is 11.3 Å². The largest absolute Gasteiger partial charge is 0.482 e. The SMILES string of the molecule is O=C(O)COc1ccc(CN(Cc2csc(-c3ccc(C(=O)NCCCCc4ccccc4)cc3)n2)C(=O)C=Cc2ccccc2)cc1. The number of carbonyl (C=O) groups excluding carboxylic acids is 2. The van der Waals surface area contributed by atoms with E-state index in [0.717, 1.165) is 46.7 Å². The van der Waals surface area contributed by atoms with Crippen LogP contribution in [0.5, 0.6) is 5.75 Å². The van der Waals surface area contributed by atoms with Crippen LogP contribution in [-0.2, 0) is 29.1 Å².